The number of carbonyl (C=O) groups excluding carboxylic acids is 2. The maximum absolute atomic E-state index is 12.0. The van der Waals surface area contributed by atoms with Gasteiger partial charge >= 0.3 is 0 Å². The summed E-state index contributed by atoms with van der Waals surface area (Å²) in [5.74, 6) is 0.617. The van der Waals surface area contributed by atoms with Crippen LogP contribution in [-0.4, -0.2) is 34.4 Å². The Morgan fingerprint density at radius 3 is 2.59 bits per heavy atom. The molecule has 4 nitrogen and oxygen atoms in total. The second-order valence-electron chi connectivity index (χ2n) is 4.89. The van der Waals surface area contributed by atoms with E-state index in [9.17, 15) is 9.59 Å². The maximum Gasteiger partial charge on any atom is 0.289 e. The summed E-state index contributed by atoms with van der Waals surface area (Å²) in [7, 11) is 0. The van der Waals surface area contributed by atoms with E-state index in [1.54, 1.807) is 0 Å². The molecule has 2 fully saturated rings. The Hall–Kier alpha value is -0.550. The van der Waals surface area contributed by atoms with E-state index in [2.05, 4.69) is 0 Å². The number of nitrogens with zero attached hydrogens (tertiary/aromatic N) is 1. The van der Waals surface area contributed by atoms with Crippen molar-refractivity contribution in [2.45, 2.75) is 43.8 Å². The van der Waals surface area contributed by atoms with Crippen LogP contribution in [0.25, 0.3) is 0 Å². The van der Waals surface area contributed by atoms with E-state index in [4.69, 9.17) is 5.73 Å². The van der Waals surface area contributed by atoms with Crippen LogP contribution in [-0.2, 0) is 4.79 Å². The van der Waals surface area contributed by atoms with Crippen molar-refractivity contribution in [1.29, 1.82) is 0 Å². The Bertz CT molecular complexity index is 303. The SMILES string of the molecule is NCCN1C(=O)SC(CC2CCCCC2)C1=O. The molecule has 2 N–H and O–H groups in total. The zero-order chi connectivity index (χ0) is 12.3. The van der Waals surface area contributed by atoms with Crippen molar-refractivity contribution in [2.75, 3.05) is 13.1 Å². The molecule has 1 saturated heterocycles. The predicted molar refractivity (Wildman–Crippen MR) is 68.7 cm³/mol. The van der Waals surface area contributed by atoms with Gasteiger partial charge in [0.05, 0.1) is 5.25 Å². The van der Waals surface area contributed by atoms with Crippen molar-refractivity contribution in [3.05, 3.63) is 0 Å². The number of nitrogens with two attached hydrogens (primary N) is 1. The highest BCUT2D eigenvalue weighted by atomic mass is 32.2. The van der Waals surface area contributed by atoms with Crippen LogP contribution in [0.2, 0.25) is 0 Å². The number of carbonyl (C=O) groups is 2. The van der Waals surface area contributed by atoms with Crippen molar-refractivity contribution < 1.29 is 9.59 Å². The van der Waals surface area contributed by atoms with Gasteiger partial charge in [-0.3, -0.25) is 14.5 Å². The molecule has 0 aromatic carbocycles. The number of amides is 2. The molecule has 5 heteroatoms. The zero-order valence-corrected chi connectivity index (χ0v) is 10.9. The molecule has 0 spiro atoms. The van der Waals surface area contributed by atoms with Gasteiger partial charge in [-0.05, 0) is 12.3 Å². The smallest absolute Gasteiger partial charge is 0.289 e. The van der Waals surface area contributed by atoms with Gasteiger partial charge in [0.25, 0.3) is 5.24 Å². The van der Waals surface area contributed by atoms with Crippen LogP contribution in [0.3, 0.4) is 0 Å². The van der Waals surface area contributed by atoms with Gasteiger partial charge in [-0.1, -0.05) is 43.9 Å². The molecule has 1 atom stereocenters. The normalized spacial score (nSPS) is 26.9. The van der Waals surface area contributed by atoms with Crippen LogP contribution < -0.4 is 5.73 Å². The molecule has 1 aliphatic carbocycles. The third-order valence-electron chi connectivity index (χ3n) is 3.63. The number of hydrogen-bond donors (Lipinski definition) is 1. The molecule has 2 rings (SSSR count). The molecule has 1 aliphatic heterocycles. The molecule has 1 heterocycles. The molecule has 0 aromatic heterocycles. The molecule has 17 heavy (non-hydrogen) atoms. The third kappa shape index (κ3) is 3.01. The van der Waals surface area contributed by atoms with Gasteiger partial charge in [-0.25, -0.2) is 0 Å². The topological polar surface area (TPSA) is 63.4 Å². The Labute approximate surface area is 106 Å². The summed E-state index contributed by atoms with van der Waals surface area (Å²) in [6.07, 6.45) is 7.18. The third-order valence-corrected chi connectivity index (χ3v) is 4.73. The van der Waals surface area contributed by atoms with Gasteiger partial charge in [-0.15, -0.1) is 0 Å². The molecular formula is C12H20N2O2S. The zero-order valence-electron chi connectivity index (χ0n) is 10.1. The summed E-state index contributed by atoms with van der Waals surface area (Å²) in [5.41, 5.74) is 5.41. The highest BCUT2D eigenvalue weighted by Crippen LogP contribution is 2.35. The molecule has 1 unspecified atom stereocenters. The molecule has 2 amide bonds. The summed E-state index contributed by atoms with van der Waals surface area (Å²) in [4.78, 5) is 25.0. The number of hydrogen-bond acceptors (Lipinski definition) is 4. The van der Waals surface area contributed by atoms with Crippen LogP contribution in [0.4, 0.5) is 4.79 Å². The van der Waals surface area contributed by atoms with E-state index in [-0.39, 0.29) is 16.4 Å². The van der Waals surface area contributed by atoms with Gasteiger partial charge in [0.2, 0.25) is 5.91 Å². The van der Waals surface area contributed by atoms with Gasteiger partial charge < -0.3 is 5.73 Å². The van der Waals surface area contributed by atoms with E-state index in [1.807, 2.05) is 0 Å². The number of rotatable bonds is 4. The van der Waals surface area contributed by atoms with Gasteiger partial charge in [0.15, 0.2) is 0 Å². The largest absolute Gasteiger partial charge is 0.329 e. The lowest BCUT2D eigenvalue weighted by Gasteiger charge is -2.23. The van der Waals surface area contributed by atoms with Crippen LogP contribution in [0, 0.1) is 5.92 Å². The van der Waals surface area contributed by atoms with Crippen molar-refractivity contribution in [1.82, 2.24) is 4.90 Å². The highest BCUT2D eigenvalue weighted by molar-refractivity contribution is 8.15. The fourth-order valence-electron chi connectivity index (χ4n) is 2.70. The quantitative estimate of drug-likeness (QED) is 0.835. The monoisotopic (exact) mass is 256 g/mol. The first-order valence-corrected chi connectivity index (χ1v) is 7.32. The Balaban J connectivity index is 1.89. The lowest BCUT2D eigenvalue weighted by molar-refractivity contribution is -0.126. The average molecular weight is 256 g/mol. The summed E-state index contributed by atoms with van der Waals surface area (Å²) in [5, 5.41) is -0.251. The first kappa shape index (κ1) is 12.9. The minimum atomic E-state index is -0.142. The van der Waals surface area contributed by atoms with Crippen molar-refractivity contribution in [3.63, 3.8) is 0 Å². The second-order valence-corrected chi connectivity index (χ2v) is 6.04. The van der Waals surface area contributed by atoms with Crippen molar-refractivity contribution in [3.8, 4) is 0 Å². The van der Waals surface area contributed by atoms with Crippen LogP contribution in [0.15, 0.2) is 0 Å². The number of imide groups is 1. The molecule has 2 aliphatic rings. The van der Waals surface area contributed by atoms with Gasteiger partial charge in [0, 0.05) is 13.1 Å². The molecule has 1 saturated carbocycles. The minimum Gasteiger partial charge on any atom is -0.329 e. The summed E-state index contributed by atoms with van der Waals surface area (Å²) in [6.45, 7) is 0.722. The fourth-order valence-corrected chi connectivity index (χ4v) is 3.85. The summed E-state index contributed by atoms with van der Waals surface area (Å²) in [6, 6.07) is 0. The highest BCUT2D eigenvalue weighted by Gasteiger charge is 2.39. The van der Waals surface area contributed by atoms with E-state index in [1.165, 1.54) is 48.8 Å². The average Bonchev–Trinajstić information content (AvgIpc) is 2.59. The minimum absolute atomic E-state index is 0.0176. The number of thioether (sulfide) groups is 1. The lowest BCUT2D eigenvalue weighted by Crippen LogP contribution is -2.36. The van der Waals surface area contributed by atoms with Crippen molar-refractivity contribution in [2.24, 2.45) is 11.7 Å². The Morgan fingerprint density at radius 2 is 1.94 bits per heavy atom. The Morgan fingerprint density at radius 1 is 1.24 bits per heavy atom. The van der Waals surface area contributed by atoms with Crippen LogP contribution >= 0.6 is 11.8 Å². The predicted octanol–water partition coefficient (Wildman–Crippen LogP) is 1.98. The van der Waals surface area contributed by atoms with Crippen molar-refractivity contribution >= 4 is 22.9 Å². The van der Waals surface area contributed by atoms with Crippen LogP contribution in [0.1, 0.15) is 38.5 Å². The van der Waals surface area contributed by atoms with E-state index >= 15 is 0 Å². The van der Waals surface area contributed by atoms with Gasteiger partial charge in [0.1, 0.15) is 0 Å². The maximum atomic E-state index is 12.0. The van der Waals surface area contributed by atoms with Gasteiger partial charge in [-0.2, -0.15) is 0 Å². The standard InChI is InChI=1S/C12H20N2O2S/c13-6-7-14-11(15)10(17-12(14)16)8-9-4-2-1-3-5-9/h9-10H,1-8,13H2. The first-order valence-electron chi connectivity index (χ1n) is 6.44. The Kier molecular flexibility index (Phi) is 4.45. The van der Waals surface area contributed by atoms with Crippen LogP contribution in [0.5, 0.6) is 0 Å². The first-order chi connectivity index (χ1) is 8.22. The molecular weight excluding hydrogens is 236 g/mol. The lowest BCUT2D eigenvalue weighted by atomic mass is 9.86. The molecule has 0 radical (unpaired) electrons. The second kappa shape index (κ2) is 5.87. The van der Waals surface area contributed by atoms with E-state index in [0.717, 1.165) is 6.42 Å². The fraction of sp³-hybridized carbons (Fsp3) is 0.833. The summed E-state index contributed by atoms with van der Waals surface area (Å²) < 4.78 is 0. The molecule has 0 aromatic rings. The van der Waals surface area contributed by atoms with E-state index < -0.39 is 0 Å². The molecule has 0 bridgehead atoms. The molecule has 96 valence electrons. The summed E-state index contributed by atoms with van der Waals surface area (Å²) >= 11 is 1.20. The van der Waals surface area contributed by atoms with E-state index in [0.29, 0.717) is 19.0 Å².